The smallest absolute Gasteiger partial charge is 0.0570 e. The SMILES string of the molecule is Cc1cccnc1CNC1CCCN(C)C1. The van der Waals surface area contributed by atoms with E-state index in [1.54, 1.807) is 0 Å². The van der Waals surface area contributed by atoms with Gasteiger partial charge in [0.2, 0.25) is 0 Å². The van der Waals surface area contributed by atoms with Crippen molar-refractivity contribution in [3.05, 3.63) is 29.6 Å². The third-order valence-corrected chi connectivity index (χ3v) is 3.30. The topological polar surface area (TPSA) is 28.2 Å². The van der Waals surface area contributed by atoms with Crippen LogP contribution in [0.4, 0.5) is 0 Å². The molecule has 0 amide bonds. The molecule has 0 aliphatic carbocycles. The van der Waals surface area contributed by atoms with Crippen molar-refractivity contribution in [3.63, 3.8) is 0 Å². The molecule has 1 N–H and O–H groups in total. The van der Waals surface area contributed by atoms with Gasteiger partial charge in [0.1, 0.15) is 0 Å². The monoisotopic (exact) mass is 219 g/mol. The second-order valence-electron chi connectivity index (χ2n) is 4.75. The lowest BCUT2D eigenvalue weighted by atomic mass is 10.1. The second kappa shape index (κ2) is 5.41. The quantitative estimate of drug-likeness (QED) is 0.836. The van der Waals surface area contributed by atoms with Crippen LogP contribution in [0, 0.1) is 6.92 Å². The van der Waals surface area contributed by atoms with E-state index >= 15 is 0 Å². The Balaban J connectivity index is 1.85. The summed E-state index contributed by atoms with van der Waals surface area (Å²) in [5.74, 6) is 0. The Bertz CT molecular complexity index is 338. The third-order valence-electron chi connectivity index (χ3n) is 3.30. The van der Waals surface area contributed by atoms with Crippen molar-refractivity contribution >= 4 is 0 Å². The first-order chi connectivity index (χ1) is 7.75. The van der Waals surface area contributed by atoms with Gasteiger partial charge in [0.15, 0.2) is 0 Å². The first-order valence-electron chi connectivity index (χ1n) is 6.08. The molecule has 2 rings (SSSR count). The Hall–Kier alpha value is -0.930. The fourth-order valence-corrected chi connectivity index (χ4v) is 2.28. The van der Waals surface area contributed by atoms with E-state index in [-0.39, 0.29) is 0 Å². The number of aryl methyl sites for hydroxylation is 1. The zero-order chi connectivity index (χ0) is 11.4. The summed E-state index contributed by atoms with van der Waals surface area (Å²) in [6.07, 6.45) is 4.46. The summed E-state index contributed by atoms with van der Waals surface area (Å²) >= 11 is 0. The fourth-order valence-electron chi connectivity index (χ4n) is 2.28. The van der Waals surface area contributed by atoms with Crippen molar-refractivity contribution < 1.29 is 0 Å². The Morgan fingerprint density at radius 1 is 1.56 bits per heavy atom. The largest absolute Gasteiger partial charge is 0.307 e. The van der Waals surface area contributed by atoms with Crippen LogP contribution in [0.15, 0.2) is 18.3 Å². The van der Waals surface area contributed by atoms with Crippen LogP contribution in [0.3, 0.4) is 0 Å². The van der Waals surface area contributed by atoms with Gasteiger partial charge in [-0.2, -0.15) is 0 Å². The maximum absolute atomic E-state index is 4.41. The fraction of sp³-hybridized carbons (Fsp3) is 0.615. The molecular weight excluding hydrogens is 198 g/mol. The zero-order valence-electron chi connectivity index (χ0n) is 10.2. The van der Waals surface area contributed by atoms with E-state index < -0.39 is 0 Å². The molecule has 1 aromatic rings. The standard InChI is InChI=1S/C13H21N3/c1-11-5-3-7-14-13(11)9-15-12-6-4-8-16(2)10-12/h3,5,7,12,15H,4,6,8-10H2,1-2H3. The van der Waals surface area contributed by atoms with Gasteiger partial charge < -0.3 is 10.2 Å². The molecule has 2 heterocycles. The van der Waals surface area contributed by atoms with Gasteiger partial charge >= 0.3 is 0 Å². The number of nitrogens with zero attached hydrogens (tertiary/aromatic N) is 2. The lowest BCUT2D eigenvalue weighted by molar-refractivity contribution is 0.226. The highest BCUT2D eigenvalue weighted by Gasteiger charge is 2.16. The van der Waals surface area contributed by atoms with Crippen LogP contribution >= 0.6 is 0 Å². The predicted molar refractivity (Wildman–Crippen MR) is 66.3 cm³/mol. The molecule has 1 unspecified atom stereocenters. The van der Waals surface area contributed by atoms with Gasteiger partial charge in [0, 0.05) is 25.3 Å². The van der Waals surface area contributed by atoms with E-state index in [0.29, 0.717) is 6.04 Å². The van der Waals surface area contributed by atoms with Gasteiger partial charge in [-0.1, -0.05) is 6.07 Å². The van der Waals surface area contributed by atoms with Crippen molar-refractivity contribution in [3.8, 4) is 0 Å². The maximum Gasteiger partial charge on any atom is 0.0570 e. The number of likely N-dealkylation sites (tertiary alicyclic amines) is 1. The molecule has 0 radical (unpaired) electrons. The van der Waals surface area contributed by atoms with Crippen molar-refractivity contribution in [2.75, 3.05) is 20.1 Å². The maximum atomic E-state index is 4.41. The number of aromatic nitrogens is 1. The summed E-state index contributed by atoms with van der Waals surface area (Å²) in [5.41, 5.74) is 2.45. The summed E-state index contributed by atoms with van der Waals surface area (Å²) < 4.78 is 0. The molecule has 3 heteroatoms. The molecule has 0 saturated carbocycles. The molecule has 0 bridgehead atoms. The van der Waals surface area contributed by atoms with Crippen molar-refractivity contribution in [1.82, 2.24) is 15.2 Å². The molecule has 1 fully saturated rings. The van der Waals surface area contributed by atoms with Gasteiger partial charge in [0.25, 0.3) is 0 Å². The molecule has 0 spiro atoms. The van der Waals surface area contributed by atoms with Gasteiger partial charge in [-0.15, -0.1) is 0 Å². The number of pyridine rings is 1. The van der Waals surface area contributed by atoms with Gasteiger partial charge in [-0.05, 0) is 45.0 Å². The number of hydrogen-bond acceptors (Lipinski definition) is 3. The van der Waals surface area contributed by atoms with E-state index in [1.807, 2.05) is 12.3 Å². The summed E-state index contributed by atoms with van der Waals surface area (Å²) in [7, 11) is 2.19. The van der Waals surface area contributed by atoms with Crippen LogP contribution in [-0.2, 0) is 6.54 Å². The highest BCUT2D eigenvalue weighted by atomic mass is 15.1. The number of likely N-dealkylation sites (N-methyl/N-ethyl adjacent to an activating group) is 1. The number of nitrogens with one attached hydrogen (secondary N) is 1. The highest BCUT2D eigenvalue weighted by Crippen LogP contribution is 2.09. The number of rotatable bonds is 3. The van der Waals surface area contributed by atoms with Crippen molar-refractivity contribution in [2.24, 2.45) is 0 Å². The minimum atomic E-state index is 0.625. The van der Waals surface area contributed by atoms with Gasteiger partial charge in [0.05, 0.1) is 5.69 Å². The molecule has 1 aliphatic heterocycles. The van der Waals surface area contributed by atoms with Crippen LogP contribution in [0.2, 0.25) is 0 Å². The van der Waals surface area contributed by atoms with Crippen LogP contribution in [0.5, 0.6) is 0 Å². The van der Waals surface area contributed by atoms with Crippen molar-refractivity contribution in [1.29, 1.82) is 0 Å². The van der Waals surface area contributed by atoms with E-state index in [2.05, 4.69) is 35.2 Å². The molecular formula is C13H21N3. The molecule has 1 aliphatic rings. The van der Waals surface area contributed by atoms with Crippen molar-refractivity contribution in [2.45, 2.75) is 32.4 Å². The Labute approximate surface area is 97.9 Å². The molecule has 0 aromatic carbocycles. The average Bonchev–Trinajstić information content (AvgIpc) is 2.28. The lowest BCUT2D eigenvalue weighted by Gasteiger charge is -2.30. The summed E-state index contributed by atoms with van der Waals surface area (Å²) in [5, 5.41) is 3.60. The highest BCUT2D eigenvalue weighted by molar-refractivity contribution is 5.17. The van der Waals surface area contributed by atoms with Gasteiger partial charge in [-0.25, -0.2) is 0 Å². The lowest BCUT2D eigenvalue weighted by Crippen LogP contribution is -2.43. The molecule has 1 atom stereocenters. The normalized spacial score (nSPS) is 22.2. The molecule has 1 saturated heterocycles. The average molecular weight is 219 g/mol. The third kappa shape index (κ3) is 3.03. The summed E-state index contributed by atoms with van der Waals surface area (Å²) in [4.78, 5) is 6.80. The van der Waals surface area contributed by atoms with E-state index in [4.69, 9.17) is 0 Å². The van der Waals surface area contributed by atoms with Crippen LogP contribution in [0.1, 0.15) is 24.1 Å². The van der Waals surface area contributed by atoms with E-state index in [9.17, 15) is 0 Å². The number of hydrogen-bond donors (Lipinski definition) is 1. The minimum absolute atomic E-state index is 0.625. The van der Waals surface area contributed by atoms with Crippen LogP contribution in [-0.4, -0.2) is 36.1 Å². The Morgan fingerprint density at radius 2 is 2.44 bits per heavy atom. The first-order valence-corrected chi connectivity index (χ1v) is 6.08. The molecule has 16 heavy (non-hydrogen) atoms. The Morgan fingerprint density at radius 3 is 3.19 bits per heavy atom. The number of piperidine rings is 1. The molecule has 3 nitrogen and oxygen atoms in total. The molecule has 1 aromatic heterocycles. The van der Waals surface area contributed by atoms with Crippen LogP contribution < -0.4 is 5.32 Å². The second-order valence-corrected chi connectivity index (χ2v) is 4.75. The minimum Gasteiger partial charge on any atom is -0.307 e. The predicted octanol–water partition coefficient (Wildman–Crippen LogP) is 1.57. The van der Waals surface area contributed by atoms with Gasteiger partial charge in [-0.3, -0.25) is 4.98 Å². The summed E-state index contributed by atoms with van der Waals surface area (Å²) in [6, 6.07) is 4.74. The van der Waals surface area contributed by atoms with E-state index in [1.165, 1.54) is 30.6 Å². The first kappa shape index (κ1) is 11.6. The van der Waals surface area contributed by atoms with E-state index in [0.717, 1.165) is 13.1 Å². The Kier molecular flexibility index (Phi) is 3.91. The molecule has 88 valence electrons. The van der Waals surface area contributed by atoms with Crippen LogP contribution in [0.25, 0.3) is 0 Å². The zero-order valence-corrected chi connectivity index (χ0v) is 10.2. The summed E-state index contributed by atoms with van der Waals surface area (Å²) in [6.45, 7) is 5.41.